The number of amides is 1. The molecule has 24 heavy (non-hydrogen) atoms. The van der Waals surface area contributed by atoms with Gasteiger partial charge in [-0.15, -0.1) is 11.3 Å². The average Bonchev–Trinajstić information content (AvgIpc) is 3.10. The van der Waals surface area contributed by atoms with Gasteiger partial charge in [0.15, 0.2) is 5.13 Å². The number of hydrogen-bond acceptors (Lipinski definition) is 4. The van der Waals surface area contributed by atoms with Crippen LogP contribution >= 0.6 is 11.3 Å². The van der Waals surface area contributed by atoms with Crippen molar-refractivity contribution in [2.24, 2.45) is 0 Å². The van der Waals surface area contributed by atoms with Gasteiger partial charge in [-0.2, -0.15) is 0 Å². The molecule has 0 radical (unpaired) electrons. The Hall–Kier alpha value is -2.66. The van der Waals surface area contributed by atoms with Gasteiger partial charge in [-0.3, -0.25) is 4.79 Å². The van der Waals surface area contributed by atoms with E-state index in [9.17, 15) is 4.79 Å². The molecule has 4 rings (SSSR count). The molecule has 4 nitrogen and oxygen atoms in total. The second-order valence-corrected chi connectivity index (χ2v) is 6.48. The summed E-state index contributed by atoms with van der Waals surface area (Å²) in [5, 5.41) is 5.54. The molecule has 0 aliphatic carbocycles. The lowest BCUT2D eigenvalue weighted by Gasteiger charge is -2.24. The van der Waals surface area contributed by atoms with Gasteiger partial charge >= 0.3 is 0 Å². The van der Waals surface area contributed by atoms with Crippen LogP contribution in [0.1, 0.15) is 17.9 Å². The molecule has 0 saturated heterocycles. The standard InChI is InChI=1S/C19H16N2O2S/c22-18(15-10-11-23-17-9-5-4-8-14(15)17)21-19-20-16(12-24-19)13-6-2-1-3-7-13/h1-9,12,15H,10-11H2,(H,20,21,22)/t15-/m1/s1. The quantitative estimate of drug-likeness (QED) is 0.775. The summed E-state index contributed by atoms with van der Waals surface area (Å²) in [5.74, 6) is 0.576. The number of fused-ring (bicyclic) bond motifs is 1. The maximum absolute atomic E-state index is 12.7. The summed E-state index contributed by atoms with van der Waals surface area (Å²) in [6.45, 7) is 0.558. The van der Waals surface area contributed by atoms with Gasteiger partial charge in [-0.05, 0) is 12.5 Å². The molecular weight excluding hydrogens is 320 g/mol. The first kappa shape index (κ1) is 14.9. The van der Waals surface area contributed by atoms with Gasteiger partial charge in [0.05, 0.1) is 18.2 Å². The Morgan fingerprint density at radius 3 is 2.79 bits per heavy atom. The highest BCUT2D eigenvalue weighted by atomic mass is 32.1. The van der Waals surface area contributed by atoms with Gasteiger partial charge in [0.1, 0.15) is 5.75 Å². The number of para-hydroxylation sites is 1. The third-order valence-corrected chi connectivity index (χ3v) is 4.84. The van der Waals surface area contributed by atoms with Crippen molar-refractivity contribution >= 4 is 22.4 Å². The summed E-state index contributed by atoms with van der Waals surface area (Å²) in [7, 11) is 0. The zero-order valence-corrected chi connectivity index (χ0v) is 13.8. The smallest absolute Gasteiger partial charge is 0.233 e. The summed E-state index contributed by atoms with van der Waals surface area (Å²) in [5.41, 5.74) is 2.87. The second-order valence-electron chi connectivity index (χ2n) is 5.62. The predicted octanol–water partition coefficient (Wildman–Crippen LogP) is 4.31. The summed E-state index contributed by atoms with van der Waals surface area (Å²) in [6, 6.07) is 17.7. The number of benzene rings is 2. The third kappa shape index (κ3) is 2.90. The molecule has 0 spiro atoms. The first-order valence-corrected chi connectivity index (χ1v) is 8.73. The largest absolute Gasteiger partial charge is 0.493 e. The highest BCUT2D eigenvalue weighted by Crippen LogP contribution is 2.34. The number of nitrogens with zero attached hydrogens (tertiary/aromatic N) is 1. The molecule has 1 N–H and O–H groups in total. The summed E-state index contributed by atoms with van der Waals surface area (Å²) >= 11 is 1.44. The van der Waals surface area contributed by atoms with Crippen LogP contribution in [0.4, 0.5) is 5.13 Å². The van der Waals surface area contributed by atoms with Crippen LogP contribution in [0.3, 0.4) is 0 Å². The van der Waals surface area contributed by atoms with E-state index in [2.05, 4.69) is 10.3 Å². The van der Waals surface area contributed by atoms with Crippen LogP contribution < -0.4 is 10.1 Å². The van der Waals surface area contributed by atoms with Crippen LogP contribution in [0.25, 0.3) is 11.3 Å². The van der Waals surface area contributed by atoms with E-state index >= 15 is 0 Å². The Kier molecular flexibility index (Phi) is 4.01. The number of thiazole rings is 1. The molecule has 2 heterocycles. The van der Waals surface area contributed by atoms with Crippen molar-refractivity contribution in [3.63, 3.8) is 0 Å². The normalized spacial score (nSPS) is 16.1. The number of carbonyl (C=O) groups is 1. The van der Waals surface area contributed by atoms with E-state index in [0.717, 1.165) is 22.6 Å². The number of aromatic nitrogens is 1. The molecule has 1 aromatic heterocycles. The SMILES string of the molecule is O=C(Nc1nc(-c2ccccc2)cs1)[C@@H]1CCOc2ccccc21. The lowest BCUT2D eigenvalue weighted by Crippen LogP contribution is -2.26. The maximum Gasteiger partial charge on any atom is 0.233 e. The number of ether oxygens (including phenoxy) is 1. The zero-order chi connectivity index (χ0) is 16.4. The van der Waals surface area contributed by atoms with Crippen LogP contribution in [-0.2, 0) is 4.79 Å². The van der Waals surface area contributed by atoms with Crippen LogP contribution in [-0.4, -0.2) is 17.5 Å². The molecule has 1 atom stereocenters. The summed E-state index contributed by atoms with van der Waals surface area (Å²) in [4.78, 5) is 17.2. The second kappa shape index (κ2) is 6.45. The topological polar surface area (TPSA) is 51.2 Å². The maximum atomic E-state index is 12.7. The monoisotopic (exact) mass is 336 g/mol. The molecule has 5 heteroatoms. The van der Waals surface area contributed by atoms with E-state index in [1.807, 2.05) is 60.0 Å². The van der Waals surface area contributed by atoms with E-state index in [4.69, 9.17) is 4.74 Å². The number of anilines is 1. The van der Waals surface area contributed by atoms with Gasteiger partial charge < -0.3 is 10.1 Å². The van der Waals surface area contributed by atoms with E-state index in [1.54, 1.807) is 0 Å². The Labute approximate surface area is 144 Å². The Morgan fingerprint density at radius 2 is 1.92 bits per heavy atom. The van der Waals surface area contributed by atoms with Crippen molar-refractivity contribution < 1.29 is 9.53 Å². The number of nitrogens with one attached hydrogen (secondary N) is 1. The van der Waals surface area contributed by atoms with Gasteiger partial charge in [0.25, 0.3) is 0 Å². The molecule has 1 aliphatic rings. The Bertz CT molecular complexity index is 861. The van der Waals surface area contributed by atoms with Crippen LogP contribution in [0, 0.1) is 0 Å². The fourth-order valence-corrected chi connectivity index (χ4v) is 3.60. The molecule has 3 aromatic rings. The summed E-state index contributed by atoms with van der Waals surface area (Å²) in [6.07, 6.45) is 0.680. The molecule has 1 amide bonds. The molecule has 0 saturated carbocycles. The van der Waals surface area contributed by atoms with Gasteiger partial charge in [-0.1, -0.05) is 48.5 Å². The van der Waals surface area contributed by atoms with Crippen LogP contribution in [0.15, 0.2) is 60.0 Å². The summed E-state index contributed by atoms with van der Waals surface area (Å²) < 4.78 is 5.62. The van der Waals surface area contributed by atoms with Crippen LogP contribution in [0.5, 0.6) is 5.75 Å². The van der Waals surface area contributed by atoms with Crippen molar-refractivity contribution in [3.05, 3.63) is 65.5 Å². The van der Waals surface area contributed by atoms with E-state index in [0.29, 0.717) is 18.2 Å². The minimum atomic E-state index is -0.195. The molecule has 1 aliphatic heterocycles. The van der Waals surface area contributed by atoms with Crippen molar-refractivity contribution in [1.82, 2.24) is 4.98 Å². The van der Waals surface area contributed by atoms with Gasteiger partial charge in [0.2, 0.25) is 5.91 Å². The molecule has 0 unspecified atom stereocenters. The third-order valence-electron chi connectivity index (χ3n) is 4.08. The number of carbonyl (C=O) groups excluding carboxylic acids is 1. The first-order valence-electron chi connectivity index (χ1n) is 7.85. The number of rotatable bonds is 3. The predicted molar refractivity (Wildman–Crippen MR) is 95.5 cm³/mol. The van der Waals surface area contributed by atoms with Crippen molar-refractivity contribution in [2.75, 3.05) is 11.9 Å². The van der Waals surface area contributed by atoms with Crippen molar-refractivity contribution in [3.8, 4) is 17.0 Å². The number of hydrogen-bond donors (Lipinski definition) is 1. The molecule has 2 aromatic carbocycles. The fraction of sp³-hybridized carbons (Fsp3) is 0.158. The highest BCUT2D eigenvalue weighted by molar-refractivity contribution is 7.14. The molecule has 120 valence electrons. The minimum Gasteiger partial charge on any atom is -0.493 e. The van der Waals surface area contributed by atoms with E-state index in [-0.39, 0.29) is 11.8 Å². The van der Waals surface area contributed by atoms with E-state index in [1.165, 1.54) is 11.3 Å². The highest BCUT2D eigenvalue weighted by Gasteiger charge is 2.27. The first-order chi connectivity index (χ1) is 11.8. The fourth-order valence-electron chi connectivity index (χ4n) is 2.88. The van der Waals surface area contributed by atoms with E-state index < -0.39 is 0 Å². The van der Waals surface area contributed by atoms with Crippen molar-refractivity contribution in [1.29, 1.82) is 0 Å². The molecule has 0 bridgehead atoms. The zero-order valence-electron chi connectivity index (χ0n) is 12.9. The lowest BCUT2D eigenvalue weighted by atomic mass is 9.92. The lowest BCUT2D eigenvalue weighted by molar-refractivity contribution is -0.118. The average molecular weight is 336 g/mol. The minimum absolute atomic E-state index is 0.0280. The molecule has 0 fully saturated rings. The Morgan fingerprint density at radius 1 is 1.12 bits per heavy atom. The van der Waals surface area contributed by atoms with Gasteiger partial charge in [-0.25, -0.2) is 4.98 Å². The van der Waals surface area contributed by atoms with Crippen molar-refractivity contribution in [2.45, 2.75) is 12.3 Å². The Balaban J connectivity index is 1.53. The van der Waals surface area contributed by atoms with Crippen LogP contribution in [0.2, 0.25) is 0 Å². The molecular formula is C19H16N2O2S. The van der Waals surface area contributed by atoms with Gasteiger partial charge in [0, 0.05) is 16.5 Å².